The monoisotopic (exact) mass is 135 g/mol. The molecule has 0 saturated carbocycles. The van der Waals surface area contributed by atoms with Gasteiger partial charge < -0.3 is 3.85 Å². The van der Waals surface area contributed by atoms with Crippen LogP contribution >= 0.6 is 23.9 Å². The minimum Gasteiger partial charge on any atom is -0.346 e. The predicted octanol–water partition coefficient (Wildman–Crippen LogP) is 0.759. The molecular weight excluding hydrogens is 134 g/mol. The molecule has 1 heterocycles. The molecular formula is C2HNO2S2. The molecule has 0 aliphatic rings. The maximum Gasteiger partial charge on any atom is 0.429 e. The zero-order valence-corrected chi connectivity index (χ0v) is 4.77. The second-order valence-electron chi connectivity index (χ2n) is 0.867. The van der Waals surface area contributed by atoms with E-state index in [1.807, 2.05) is 0 Å². The molecule has 1 aromatic rings. The number of rotatable bonds is 0. The average Bonchev–Trinajstić information content (AvgIpc) is 1.87. The number of H-pyrrole nitrogens is 1. The molecule has 1 N–H and O–H groups in total. The lowest BCUT2D eigenvalue weighted by Gasteiger charge is -1.48. The van der Waals surface area contributed by atoms with E-state index in [2.05, 4.69) is 21.1 Å². The summed E-state index contributed by atoms with van der Waals surface area (Å²) in [5.74, 6) is -0.477. The highest BCUT2D eigenvalue weighted by Gasteiger charge is 1.82. The molecule has 38 valence electrons. The third-order valence-electron chi connectivity index (χ3n) is 0.397. The minimum absolute atomic E-state index is 0.380. The largest absolute Gasteiger partial charge is 0.429 e. The molecule has 0 bridgehead atoms. The van der Waals surface area contributed by atoms with Gasteiger partial charge in [0.15, 0.2) is 3.95 Å². The topological polar surface area (TPSA) is 46.0 Å². The molecule has 7 heavy (non-hydrogen) atoms. The Morgan fingerprint density at radius 3 is 2.71 bits per heavy atom. The van der Waals surface area contributed by atoms with E-state index in [1.54, 1.807) is 0 Å². The van der Waals surface area contributed by atoms with Gasteiger partial charge in [0.2, 0.25) is 0 Å². The molecule has 0 aliphatic carbocycles. The van der Waals surface area contributed by atoms with Gasteiger partial charge in [0.05, 0.1) is 11.6 Å². The van der Waals surface area contributed by atoms with Crippen LogP contribution in [0.3, 0.4) is 0 Å². The van der Waals surface area contributed by atoms with Crippen LogP contribution in [0.4, 0.5) is 0 Å². The molecule has 3 nitrogen and oxygen atoms in total. The zero-order chi connectivity index (χ0) is 5.28. The number of hydrogen-bond acceptors (Lipinski definition) is 4. The highest BCUT2D eigenvalue weighted by molar-refractivity contribution is 7.73. The van der Waals surface area contributed by atoms with Crippen LogP contribution in [0.1, 0.15) is 0 Å². The molecule has 1 rings (SSSR count). The van der Waals surface area contributed by atoms with Crippen molar-refractivity contribution in [1.29, 1.82) is 0 Å². The van der Waals surface area contributed by atoms with Crippen LogP contribution in [0, 0.1) is 3.95 Å². The fourth-order valence-electron chi connectivity index (χ4n) is 0.201. The van der Waals surface area contributed by atoms with Crippen molar-refractivity contribution in [3.63, 3.8) is 0 Å². The molecule has 1 aromatic heterocycles. The van der Waals surface area contributed by atoms with Crippen LogP contribution in [0.2, 0.25) is 0 Å². The van der Waals surface area contributed by atoms with Gasteiger partial charge in [-0.2, -0.15) is 0 Å². The van der Waals surface area contributed by atoms with Gasteiger partial charge in [-0.15, -0.1) is 0 Å². The molecule has 0 amide bonds. The Morgan fingerprint density at radius 2 is 2.57 bits per heavy atom. The lowest BCUT2D eigenvalue weighted by Crippen LogP contribution is -1.92. The Balaban J connectivity index is 3.59. The lowest BCUT2D eigenvalue weighted by molar-refractivity contribution is 0.617. The van der Waals surface area contributed by atoms with Gasteiger partial charge in [0, 0.05) is 0 Å². The smallest absolute Gasteiger partial charge is 0.346 e. The van der Waals surface area contributed by atoms with Crippen LogP contribution in [0.25, 0.3) is 0 Å². The van der Waals surface area contributed by atoms with E-state index in [9.17, 15) is 4.79 Å². The van der Waals surface area contributed by atoms with Gasteiger partial charge in [-0.1, -0.05) is 0 Å². The number of nitrogens with one attached hydrogen (secondary N) is 1. The normalized spacial score (nSPS) is 9.14. The number of aromatic nitrogens is 1. The van der Waals surface area contributed by atoms with Crippen molar-refractivity contribution in [2.45, 2.75) is 0 Å². The predicted molar refractivity (Wildman–Crippen MR) is 28.0 cm³/mol. The van der Waals surface area contributed by atoms with E-state index >= 15 is 0 Å². The summed E-state index contributed by atoms with van der Waals surface area (Å²) in [7, 11) is 0. The molecule has 0 atom stereocenters. The minimum atomic E-state index is -0.477. The van der Waals surface area contributed by atoms with Crippen LogP contribution in [0.5, 0.6) is 0 Å². The summed E-state index contributed by atoms with van der Waals surface area (Å²) in [6.45, 7) is 0. The third kappa shape index (κ3) is 0.971. The van der Waals surface area contributed by atoms with Crippen LogP contribution in [-0.2, 0) is 0 Å². The second kappa shape index (κ2) is 1.59. The lowest BCUT2D eigenvalue weighted by atomic mass is 11.3. The summed E-state index contributed by atoms with van der Waals surface area (Å²) in [5, 5.41) is 0. The molecule has 0 aromatic carbocycles. The quantitative estimate of drug-likeness (QED) is 0.534. The SMILES string of the molecule is O=c1[nH]c(=S)so1. The summed E-state index contributed by atoms with van der Waals surface area (Å²) < 4.78 is 4.67. The summed E-state index contributed by atoms with van der Waals surface area (Å²) in [6.07, 6.45) is 0. The van der Waals surface area contributed by atoms with Gasteiger partial charge in [-0.25, -0.2) is 4.79 Å². The molecule has 0 aliphatic heterocycles. The molecule has 0 spiro atoms. The van der Waals surface area contributed by atoms with E-state index in [4.69, 9.17) is 0 Å². The molecule has 0 unspecified atom stereocenters. The Kier molecular flexibility index (Phi) is 1.07. The van der Waals surface area contributed by atoms with Gasteiger partial charge in [0.25, 0.3) is 0 Å². The highest BCUT2D eigenvalue weighted by atomic mass is 32.2. The first kappa shape index (κ1) is 4.73. The average molecular weight is 135 g/mol. The van der Waals surface area contributed by atoms with Crippen LogP contribution in [-0.4, -0.2) is 4.98 Å². The summed E-state index contributed by atoms with van der Waals surface area (Å²) in [5.41, 5.74) is 0. The first-order chi connectivity index (χ1) is 3.29. The van der Waals surface area contributed by atoms with E-state index in [0.29, 0.717) is 3.95 Å². The summed E-state index contributed by atoms with van der Waals surface area (Å²) >= 11 is 5.38. The van der Waals surface area contributed by atoms with E-state index < -0.39 is 5.76 Å². The van der Waals surface area contributed by atoms with Crippen LogP contribution in [0.15, 0.2) is 8.64 Å². The van der Waals surface area contributed by atoms with Crippen molar-refractivity contribution in [3.05, 3.63) is 14.5 Å². The van der Waals surface area contributed by atoms with Crippen molar-refractivity contribution < 1.29 is 3.85 Å². The first-order valence-electron chi connectivity index (χ1n) is 1.48. The zero-order valence-electron chi connectivity index (χ0n) is 3.13. The van der Waals surface area contributed by atoms with Gasteiger partial charge in [0.1, 0.15) is 0 Å². The Bertz CT molecular complexity index is 218. The van der Waals surface area contributed by atoms with Crippen molar-refractivity contribution in [2.24, 2.45) is 0 Å². The number of aromatic amines is 1. The molecule has 0 fully saturated rings. The van der Waals surface area contributed by atoms with Crippen molar-refractivity contribution in [2.75, 3.05) is 0 Å². The standard InChI is InChI=1S/C2HNO2S2/c4-1-3-2(6)7-5-1/h(H,3,4,6). The Hall–Kier alpha value is -0.420. The highest BCUT2D eigenvalue weighted by Crippen LogP contribution is 1.87. The third-order valence-corrected chi connectivity index (χ3v) is 1.19. The van der Waals surface area contributed by atoms with Crippen molar-refractivity contribution in [3.8, 4) is 0 Å². The molecule has 0 radical (unpaired) electrons. The van der Waals surface area contributed by atoms with Crippen LogP contribution < -0.4 is 5.76 Å². The maximum atomic E-state index is 10.0. The Labute approximate surface area is 47.8 Å². The maximum absolute atomic E-state index is 10.0. The van der Waals surface area contributed by atoms with E-state index in [-0.39, 0.29) is 0 Å². The fourth-order valence-corrected chi connectivity index (χ4v) is 0.704. The Morgan fingerprint density at radius 1 is 1.86 bits per heavy atom. The first-order valence-corrected chi connectivity index (χ1v) is 2.63. The molecule has 5 heteroatoms. The van der Waals surface area contributed by atoms with E-state index in [0.717, 1.165) is 11.6 Å². The summed E-state index contributed by atoms with van der Waals surface area (Å²) in [4.78, 5) is 12.3. The fraction of sp³-hybridized carbons (Fsp3) is 0. The number of hydrogen-bond donors (Lipinski definition) is 1. The van der Waals surface area contributed by atoms with Crippen molar-refractivity contribution in [1.82, 2.24) is 4.98 Å². The van der Waals surface area contributed by atoms with Gasteiger partial charge in [-0.3, -0.25) is 4.98 Å². The molecule has 0 saturated heterocycles. The van der Waals surface area contributed by atoms with Gasteiger partial charge in [-0.05, 0) is 12.2 Å². The second-order valence-corrected chi connectivity index (χ2v) is 2.27. The summed E-state index contributed by atoms with van der Waals surface area (Å²) in [6, 6.07) is 0. The van der Waals surface area contributed by atoms with Gasteiger partial charge >= 0.3 is 5.76 Å². The van der Waals surface area contributed by atoms with Crippen molar-refractivity contribution >= 4 is 23.9 Å². The van der Waals surface area contributed by atoms with E-state index in [1.165, 1.54) is 0 Å².